The lowest BCUT2D eigenvalue weighted by Gasteiger charge is -2.36. The van der Waals surface area contributed by atoms with Crippen LogP contribution in [0, 0.1) is 0 Å². The van der Waals surface area contributed by atoms with Crippen molar-refractivity contribution in [3.63, 3.8) is 0 Å². The molecule has 2 aromatic carbocycles. The number of hydrogen-bond acceptors (Lipinski definition) is 4. The molecular formula is C19H22ClN3O3S. The molecule has 1 N–H and O–H groups in total. The molecule has 0 aromatic heterocycles. The van der Waals surface area contributed by atoms with Crippen LogP contribution in [0.4, 0.5) is 5.69 Å². The number of sulfonamides is 1. The van der Waals surface area contributed by atoms with Crippen LogP contribution in [-0.4, -0.2) is 51.9 Å². The van der Waals surface area contributed by atoms with Crippen molar-refractivity contribution >= 4 is 33.2 Å². The van der Waals surface area contributed by atoms with E-state index in [1.807, 2.05) is 18.2 Å². The zero-order chi connectivity index (χ0) is 19.3. The molecule has 1 amide bonds. The molecule has 0 atom stereocenters. The number of anilines is 1. The molecular weight excluding hydrogens is 386 g/mol. The van der Waals surface area contributed by atoms with Gasteiger partial charge in [-0.1, -0.05) is 41.9 Å². The van der Waals surface area contributed by atoms with Crippen molar-refractivity contribution < 1.29 is 13.2 Å². The fourth-order valence-corrected chi connectivity index (χ4v) is 4.59. The first-order valence-electron chi connectivity index (χ1n) is 8.79. The van der Waals surface area contributed by atoms with Crippen LogP contribution in [0.5, 0.6) is 0 Å². The lowest BCUT2D eigenvalue weighted by atomic mass is 10.2. The van der Waals surface area contributed by atoms with Gasteiger partial charge < -0.3 is 9.80 Å². The number of carbonyl (C=O) groups excluding carboxylic acids is 1. The van der Waals surface area contributed by atoms with Crippen LogP contribution in [0.15, 0.2) is 59.5 Å². The fourth-order valence-electron chi connectivity index (χ4n) is 3.04. The van der Waals surface area contributed by atoms with E-state index < -0.39 is 10.0 Å². The minimum atomic E-state index is -3.72. The summed E-state index contributed by atoms with van der Waals surface area (Å²) >= 11 is 5.94. The number of piperazine rings is 1. The zero-order valence-corrected chi connectivity index (χ0v) is 16.4. The van der Waals surface area contributed by atoms with Crippen LogP contribution in [0.3, 0.4) is 0 Å². The van der Waals surface area contributed by atoms with Gasteiger partial charge in [-0.05, 0) is 24.3 Å². The monoisotopic (exact) mass is 407 g/mol. The predicted octanol–water partition coefficient (Wildman–Crippen LogP) is 2.36. The number of rotatable bonds is 6. The van der Waals surface area contributed by atoms with Gasteiger partial charge in [-0.2, -0.15) is 0 Å². The molecule has 0 radical (unpaired) electrons. The summed E-state index contributed by atoms with van der Waals surface area (Å²) in [6.07, 6.45) is 0.120. The van der Waals surface area contributed by atoms with E-state index in [1.54, 1.807) is 17.0 Å². The Hall–Kier alpha value is -2.09. The molecule has 6 nitrogen and oxygen atoms in total. The first kappa shape index (κ1) is 19.7. The molecule has 144 valence electrons. The Morgan fingerprint density at radius 2 is 1.59 bits per heavy atom. The minimum absolute atomic E-state index is 0.0237. The highest BCUT2D eigenvalue weighted by Gasteiger charge is 2.22. The van der Waals surface area contributed by atoms with Gasteiger partial charge in [0.1, 0.15) is 4.90 Å². The molecule has 1 saturated heterocycles. The minimum Gasteiger partial charge on any atom is -0.368 e. The average molecular weight is 408 g/mol. The van der Waals surface area contributed by atoms with Crippen LogP contribution < -0.4 is 9.62 Å². The topological polar surface area (TPSA) is 69.7 Å². The standard InChI is InChI=1S/C19H22ClN3O3S/c20-17-8-4-5-9-18(17)27(25,26)21-11-10-19(24)23-14-12-22(13-15-23)16-6-2-1-3-7-16/h1-9,21H,10-15H2. The first-order chi connectivity index (χ1) is 13.0. The largest absolute Gasteiger partial charge is 0.368 e. The maximum atomic E-state index is 12.4. The number of para-hydroxylation sites is 1. The average Bonchev–Trinajstić information content (AvgIpc) is 2.69. The Labute approximate surface area is 164 Å². The van der Waals surface area contributed by atoms with Crippen molar-refractivity contribution in [2.45, 2.75) is 11.3 Å². The van der Waals surface area contributed by atoms with Crippen molar-refractivity contribution in [2.24, 2.45) is 0 Å². The summed E-state index contributed by atoms with van der Waals surface area (Å²) in [6, 6.07) is 16.3. The molecule has 0 saturated carbocycles. The molecule has 0 spiro atoms. The summed E-state index contributed by atoms with van der Waals surface area (Å²) in [6.45, 7) is 2.84. The van der Waals surface area contributed by atoms with Crippen molar-refractivity contribution in [3.8, 4) is 0 Å². The molecule has 1 aliphatic heterocycles. The third-order valence-corrected chi connectivity index (χ3v) is 6.47. The normalized spacial score (nSPS) is 15.0. The third kappa shape index (κ3) is 5.00. The van der Waals surface area contributed by atoms with Gasteiger partial charge in [0.25, 0.3) is 0 Å². The van der Waals surface area contributed by atoms with E-state index in [9.17, 15) is 13.2 Å². The summed E-state index contributed by atoms with van der Waals surface area (Å²) < 4.78 is 27.0. The number of carbonyl (C=O) groups is 1. The Morgan fingerprint density at radius 3 is 2.26 bits per heavy atom. The Kier molecular flexibility index (Phi) is 6.36. The van der Waals surface area contributed by atoms with E-state index in [4.69, 9.17) is 11.6 Å². The summed E-state index contributed by atoms with van der Waals surface area (Å²) in [5, 5.41) is 0.161. The summed E-state index contributed by atoms with van der Waals surface area (Å²) in [4.78, 5) is 16.4. The van der Waals surface area contributed by atoms with Crippen molar-refractivity contribution in [1.29, 1.82) is 0 Å². The molecule has 1 aliphatic rings. The second-order valence-corrected chi connectivity index (χ2v) is 8.42. The molecule has 0 unspecified atom stereocenters. The van der Waals surface area contributed by atoms with Gasteiger partial charge >= 0.3 is 0 Å². The van der Waals surface area contributed by atoms with Gasteiger partial charge in [-0.15, -0.1) is 0 Å². The predicted molar refractivity (Wildman–Crippen MR) is 106 cm³/mol. The van der Waals surface area contributed by atoms with Crippen LogP contribution in [0.25, 0.3) is 0 Å². The maximum absolute atomic E-state index is 12.4. The molecule has 2 aromatic rings. The van der Waals surface area contributed by atoms with Gasteiger partial charge in [-0.3, -0.25) is 4.79 Å². The molecule has 27 heavy (non-hydrogen) atoms. The maximum Gasteiger partial charge on any atom is 0.242 e. The summed E-state index contributed by atoms with van der Waals surface area (Å²) in [5.74, 6) is -0.0513. The van der Waals surface area contributed by atoms with E-state index in [2.05, 4.69) is 21.8 Å². The third-order valence-electron chi connectivity index (χ3n) is 4.51. The summed E-state index contributed by atoms with van der Waals surface area (Å²) in [5.41, 5.74) is 1.15. The second-order valence-electron chi connectivity index (χ2n) is 6.28. The summed E-state index contributed by atoms with van der Waals surface area (Å²) in [7, 11) is -3.72. The van der Waals surface area contributed by atoms with Gasteiger partial charge in [0, 0.05) is 44.8 Å². The lowest BCUT2D eigenvalue weighted by Crippen LogP contribution is -2.49. The lowest BCUT2D eigenvalue weighted by molar-refractivity contribution is -0.131. The Morgan fingerprint density at radius 1 is 0.963 bits per heavy atom. The van der Waals surface area contributed by atoms with E-state index in [0.29, 0.717) is 13.1 Å². The first-order valence-corrected chi connectivity index (χ1v) is 10.7. The van der Waals surface area contributed by atoms with Crippen LogP contribution in [0.2, 0.25) is 5.02 Å². The van der Waals surface area contributed by atoms with Gasteiger partial charge in [0.15, 0.2) is 0 Å². The van der Waals surface area contributed by atoms with E-state index in [-0.39, 0.29) is 28.8 Å². The van der Waals surface area contributed by atoms with Gasteiger partial charge in [0.2, 0.25) is 15.9 Å². The second kappa shape index (κ2) is 8.73. The fraction of sp³-hybridized carbons (Fsp3) is 0.316. The highest BCUT2D eigenvalue weighted by atomic mass is 35.5. The number of nitrogens with zero attached hydrogens (tertiary/aromatic N) is 2. The van der Waals surface area contributed by atoms with Crippen LogP contribution in [0.1, 0.15) is 6.42 Å². The van der Waals surface area contributed by atoms with E-state index in [0.717, 1.165) is 18.8 Å². The Bertz CT molecular complexity index is 882. The number of hydrogen-bond donors (Lipinski definition) is 1. The number of halogens is 1. The smallest absolute Gasteiger partial charge is 0.242 e. The van der Waals surface area contributed by atoms with Crippen molar-refractivity contribution in [2.75, 3.05) is 37.6 Å². The molecule has 8 heteroatoms. The van der Waals surface area contributed by atoms with Crippen molar-refractivity contribution in [1.82, 2.24) is 9.62 Å². The highest BCUT2D eigenvalue weighted by molar-refractivity contribution is 7.89. The van der Waals surface area contributed by atoms with Crippen LogP contribution >= 0.6 is 11.6 Å². The highest BCUT2D eigenvalue weighted by Crippen LogP contribution is 2.20. The van der Waals surface area contributed by atoms with Crippen LogP contribution in [-0.2, 0) is 14.8 Å². The SMILES string of the molecule is O=C(CCNS(=O)(=O)c1ccccc1Cl)N1CCN(c2ccccc2)CC1. The molecule has 0 bridgehead atoms. The number of amides is 1. The molecule has 0 aliphatic carbocycles. The Balaban J connectivity index is 1.47. The number of benzene rings is 2. The quantitative estimate of drug-likeness (QED) is 0.798. The van der Waals surface area contributed by atoms with E-state index in [1.165, 1.54) is 12.1 Å². The van der Waals surface area contributed by atoms with Gasteiger partial charge in [-0.25, -0.2) is 13.1 Å². The molecule has 1 fully saturated rings. The van der Waals surface area contributed by atoms with Gasteiger partial charge in [0.05, 0.1) is 5.02 Å². The molecule has 3 rings (SSSR count). The zero-order valence-electron chi connectivity index (χ0n) is 14.8. The van der Waals surface area contributed by atoms with Crippen molar-refractivity contribution in [3.05, 3.63) is 59.6 Å². The number of nitrogens with one attached hydrogen (secondary N) is 1. The molecule has 1 heterocycles. The van der Waals surface area contributed by atoms with E-state index >= 15 is 0 Å².